The molecular weight excluding hydrogens is 280 g/mol. The molecule has 0 aromatic carbocycles. The van der Waals surface area contributed by atoms with Gasteiger partial charge >= 0.3 is 0 Å². The molecule has 0 saturated carbocycles. The van der Waals surface area contributed by atoms with Crippen molar-refractivity contribution in [1.29, 1.82) is 0 Å². The number of aromatic amines is 1. The van der Waals surface area contributed by atoms with E-state index in [4.69, 9.17) is 0 Å². The normalized spacial score (nSPS) is 13.1. The Morgan fingerprint density at radius 1 is 1.40 bits per heavy atom. The van der Waals surface area contributed by atoms with E-state index in [1.165, 1.54) is 18.6 Å². The molecule has 0 aliphatic carbocycles. The predicted octanol–water partition coefficient (Wildman–Crippen LogP) is 0.671. The Bertz CT molecular complexity index is 655. The van der Waals surface area contributed by atoms with Crippen molar-refractivity contribution in [2.75, 3.05) is 11.9 Å². The molecule has 0 amide bonds. The quantitative estimate of drug-likeness (QED) is 0.722. The summed E-state index contributed by atoms with van der Waals surface area (Å²) in [6.07, 6.45) is 2.87. The molecule has 0 radical (unpaired) electrons. The van der Waals surface area contributed by atoms with Crippen LogP contribution in [0.4, 0.5) is 5.82 Å². The first kappa shape index (κ1) is 14.4. The zero-order chi connectivity index (χ0) is 14.6. The zero-order valence-corrected chi connectivity index (χ0v) is 12.0. The minimum Gasteiger partial charge on any atom is -0.369 e. The van der Waals surface area contributed by atoms with Gasteiger partial charge in [0.05, 0.1) is 6.04 Å². The van der Waals surface area contributed by atoms with Gasteiger partial charge in [-0.15, -0.1) is 0 Å². The summed E-state index contributed by atoms with van der Waals surface area (Å²) in [5.74, 6) is 0.773. The van der Waals surface area contributed by atoms with Crippen LogP contribution < -0.4 is 10.0 Å². The molecule has 2 rings (SSSR count). The fourth-order valence-corrected chi connectivity index (χ4v) is 3.02. The van der Waals surface area contributed by atoms with E-state index in [1.807, 2.05) is 6.92 Å². The largest absolute Gasteiger partial charge is 0.369 e. The maximum absolute atomic E-state index is 12.4. The van der Waals surface area contributed by atoms with Crippen LogP contribution in [0.25, 0.3) is 0 Å². The lowest BCUT2D eigenvalue weighted by molar-refractivity contribution is 0.560. The maximum Gasteiger partial charge on any atom is 0.244 e. The van der Waals surface area contributed by atoms with Gasteiger partial charge in [-0.3, -0.25) is 5.10 Å². The Labute approximate surface area is 117 Å². The first-order valence-corrected chi connectivity index (χ1v) is 7.59. The fourth-order valence-electron chi connectivity index (χ4n) is 1.68. The van der Waals surface area contributed by atoms with Crippen LogP contribution in [0.3, 0.4) is 0 Å². The molecule has 0 aliphatic rings. The van der Waals surface area contributed by atoms with Gasteiger partial charge in [-0.2, -0.15) is 5.10 Å². The van der Waals surface area contributed by atoms with Gasteiger partial charge in [-0.05, 0) is 26.0 Å². The van der Waals surface area contributed by atoms with Crippen LogP contribution in [0.15, 0.2) is 29.6 Å². The summed E-state index contributed by atoms with van der Waals surface area (Å²) in [6.45, 7) is 4.13. The van der Waals surface area contributed by atoms with Crippen LogP contribution in [0.1, 0.15) is 25.7 Å². The molecular formula is C11H16N6O2S. The van der Waals surface area contributed by atoms with E-state index in [0.717, 1.165) is 0 Å². The summed E-state index contributed by atoms with van der Waals surface area (Å²) < 4.78 is 27.3. The van der Waals surface area contributed by atoms with Crippen molar-refractivity contribution in [2.45, 2.75) is 24.8 Å². The fraction of sp³-hybridized carbons (Fsp3) is 0.364. The van der Waals surface area contributed by atoms with E-state index in [9.17, 15) is 8.42 Å². The molecule has 2 aromatic heterocycles. The van der Waals surface area contributed by atoms with Crippen LogP contribution in [-0.4, -0.2) is 35.1 Å². The monoisotopic (exact) mass is 296 g/mol. The Morgan fingerprint density at radius 2 is 2.20 bits per heavy atom. The molecule has 0 fully saturated rings. The predicted molar refractivity (Wildman–Crippen MR) is 73.5 cm³/mol. The van der Waals surface area contributed by atoms with Crippen LogP contribution in [0.2, 0.25) is 0 Å². The number of sulfonamides is 1. The maximum atomic E-state index is 12.4. The number of nitrogens with one attached hydrogen (secondary N) is 3. The van der Waals surface area contributed by atoms with E-state index in [1.54, 1.807) is 13.0 Å². The van der Waals surface area contributed by atoms with E-state index in [-0.39, 0.29) is 4.90 Å². The second kappa shape index (κ2) is 5.97. The molecule has 108 valence electrons. The van der Waals surface area contributed by atoms with Crippen LogP contribution in [0, 0.1) is 0 Å². The van der Waals surface area contributed by atoms with Gasteiger partial charge in [0.2, 0.25) is 10.0 Å². The van der Waals surface area contributed by atoms with Crippen molar-refractivity contribution in [2.24, 2.45) is 0 Å². The van der Waals surface area contributed by atoms with Gasteiger partial charge < -0.3 is 5.32 Å². The third kappa shape index (κ3) is 3.11. The first-order chi connectivity index (χ1) is 9.54. The lowest BCUT2D eigenvalue weighted by Gasteiger charge is -2.14. The molecule has 2 aromatic rings. The number of hydrogen-bond donors (Lipinski definition) is 3. The first-order valence-electron chi connectivity index (χ1n) is 6.11. The Hall–Kier alpha value is -2.00. The number of H-pyrrole nitrogens is 1. The van der Waals surface area contributed by atoms with Gasteiger partial charge in [0.25, 0.3) is 0 Å². The summed E-state index contributed by atoms with van der Waals surface area (Å²) in [7, 11) is -3.70. The average Bonchev–Trinajstić information content (AvgIpc) is 2.93. The zero-order valence-electron chi connectivity index (χ0n) is 11.2. The molecule has 1 unspecified atom stereocenters. The lowest BCUT2D eigenvalue weighted by Crippen LogP contribution is -2.28. The highest BCUT2D eigenvalue weighted by atomic mass is 32.2. The van der Waals surface area contributed by atoms with Gasteiger partial charge in [0, 0.05) is 12.7 Å². The Kier molecular flexibility index (Phi) is 4.30. The summed E-state index contributed by atoms with van der Waals surface area (Å²) in [6, 6.07) is 2.56. The molecule has 2 heterocycles. The van der Waals surface area contributed by atoms with E-state index >= 15 is 0 Å². The summed E-state index contributed by atoms with van der Waals surface area (Å²) in [4.78, 5) is 8.07. The molecule has 0 spiro atoms. The topological polar surface area (TPSA) is 113 Å². The molecule has 3 N–H and O–H groups in total. The van der Waals surface area contributed by atoms with Gasteiger partial charge in [0.15, 0.2) is 0 Å². The summed E-state index contributed by atoms with van der Waals surface area (Å²) >= 11 is 0. The number of pyridine rings is 1. The number of aromatic nitrogens is 4. The minimum absolute atomic E-state index is 0.105. The smallest absolute Gasteiger partial charge is 0.244 e. The molecule has 9 heteroatoms. The number of rotatable bonds is 6. The van der Waals surface area contributed by atoms with Gasteiger partial charge in [-0.1, -0.05) is 0 Å². The molecule has 8 nitrogen and oxygen atoms in total. The van der Waals surface area contributed by atoms with Crippen molar-refractivity contribution in [3.8, 4) is 0 Å². The second-order valence-corrected chi connectivity index (χ2v) is 5.78. The highest BCUT2D eigenvalue weighted by Gasteiger charge is 2.23. The number of hydrogen-bond acceptors (Lipinski definition) is 6. The van der Waals surface area contributed by atoms with Crippen molar-refractivity contribution in [3.05, 3.63) is 30.5 Å². The van der Waals surface area contributed by atoms with Crippen molar-refractivity contribution in [1.82, 2.24) is 24.9 Å². The van der Waals surface area contributed by atoms with Crippen LogP contribution in [-0.2, 0) is 10.0 Å². The lowest BCUT2D eigenvalue weighted by atomic mass is 10.3. The number of nitrogens with zero attached hydrogens (tertiary/aromatic N) is 3. The van der Waals surface area contributed by atoms with Crippen LogP contribution in [0.5, 0.6) is 0 Å². The third-order valence-electron chi connectivity index (χ3n) is 2.58. The van der Waals surface area contributed by atoms with Gasteiger partial charge in [-0.25, -0.2) is 23.1 Å². The third-order valence-corrected chi connectivity index (χ3v) is 4.15. The van der Waals surface area contributed by atoms with Crippen LogP contribution >= 0.6 is 0 Å². The van der Waals surface area contributed by atoms with Crippen molar-refractivity contribution >= 4 is 15.8 Å². The SMILES string of the molecule is CCNc1ncccc1S(=O)(=O)NC(C)c1ncn[nH]1. The highest BCUT2D eigenvalue weighted by Crippen LogP contribution is 2.20. The Morgan fingerprint density at radius 3 is 2.85 bits per heavy atom. The standard InChI is InChI=1S/C11H16N6O2S/c1-3-12-11-9(5-4-6-13-11)20(18,19)17-8(2)10-14-7-15-16-10/h4-8,17H,3H2,1-2H3,(H,12,13)(H,14,15,16). The second-order valence-electron chi connectivity index (χ2n) is 4.09. The minimum atomic E-state index is -3.70. The average molecular weight is 296 g/mol. The Balaban J connectivity index is 2.27. The highest BCUT2D eigenvalue weighted by molar-refractivity contribution is 7.89. The van der Waals surface area contributed by atoms with Crippen molar-refractivity contribution < 1.29 is 8.42 Å². The molecule has 0 bridgehead atoms. The summed E-state index contributed by atoms with van der Waals surface area (Å²) in [5, 5.41) is 9.25. The molecule has 0 saturated heterocycles. The molecule has 1 atom stereocenters. The van der Waals surface area contributed by atoms with Crippen molar-refractivity contribution in [3.63, 3.8) is 0 Å². The molecule has 20 heavy (non-hydrogen) atoms. The van der Waals surface area contributed by atoms with E-state index in [2.05, 4.69) is 30.2 Å². The summed E-state index contributed by atoms with van der Waals surface area (Å²) in [5.41, 5.74) is 0. The van der Waals surface area contributed by atoms with Gasteiger partial charge in [0.1, 0.15) is 22.9 Å². The van der Waals surface area contributed by atoms with E-state index in [0.29, 0.717) is 18.2 Å². The van der Waals surface area contributed by atoms with E-state index < -0.39 is 16.1 Å². The molecule has 0 aliphatic heterocycles. The number of anilines is 1.